The number of Topliss-reactive ketones (excluding diaryl/α,β-unsaturated/α-hetero) is 1. The third kappa shape index (κ3) is 5.55. The van der Waals surface area contributed by atoms with E-state index in [1.165, 1.54) is 6.07 Å². The van der Waals surface area contributed by atoms with Crippen LogP contribution in [0.3, 0.4) is 0 Å². The number of imidazole rings is 1. The summed E-state index contributed by atoms with van der Waals surface area (Å²) in [5.74, 6) is 1.39. The molecule has 0 amide bonds. The van der Waals surface area contributed by atoms with Gasteiger partial charge in [-0.05, 0) is 37.5 Å². The molecule has 0 radical (unpaired) electrons. The molecular formula is C28H34N6O3. The third-order valence-electron chi connectivity index (χ3n) is 6.70. The Morgan fingerprint density at radius 1 is 1.08 bits per heavy atom. The second-order valence-electron chi connectivity index (χ2n) is 9.58. The lowest BCUT2D eigenvalue weighted by Crippen LogP contribution is -2.12. The number of hydrogen-bond acceptors (Lipinski definition) is 7. The number of anilines is 2. The van der Waals surface area contributed by atoms with Gasteiger partial charge in [0, 0.05) is 50.5 Å². The Morgan fingerprint density at radius 3 is 2.59 bits per heavy atom. The standard InChI is InChI=1S/C28H34N6O3/c1-4-5-14-25-31-26-27(20-11-8-9-12-21(20)30-28(26)29)33(25)17-10-6-7-13-24(35)19-15-16-22(32(2)3)23(18-19)34(36)37/h8-9,11-12,15-16,18H,4-7,10,13-14,17H2,1-3H3,(H2,29,30). The number of carbonyl (C=O) groups is 1. The summed E-state index contributed by atoms with van der Waals surface area (Å²) in [5.41, 5.74) is 9.73. The maximum absolute atomic E-state index is 12.8. The van der Waals surface area contributed by atoms with E-state index in [0.717, 1.165) is 66.4 Å². The van der Waals surface area contributed by atoms with E-state index in [-0.39, 0.29) is 11.5 Å². The normalized spacial score (nSPS) is 11.3. The number of benzene rings is 2. The van der Waals surface area contributed by atoms with E-state index in [9.17, 15) is 14.9 Å². The minimum atomic E-state index is -0.441. The molecule has 2 aromatic carbocycles. The number of hydrogen-bond donors (Lipinski definition) is 1. The highest BCUT2D eigenvalue weighted by molar-refractivity contribution is 6.06. The van der Waals surface area contributed by atoms with Crippen LogP contribution in [0.25, 0.3) is 21.9 Å². The number of carbonyl (C=O) groups excluding carboxylic acids is 1. The van der Waals surface area contributed by atoms with Gasteiger partial charge >= 0.3 is 0 Å². The fraction of sp³-hybridized carbons (Fsp3) is 0.393. The van der Waals surface area contributed by atoms with Gasteiger partial charge in [-0.3, -0.25) is 14.9 Å². The monoisotopic (exact) mass is 502 g/mol. The van der Waals surface area contributed by atoms with E-state index in [2.05, 4.69) is 22.5 Å². The van der Waals surface area contributed by atoms with Crippen LogP contribution in [0, 0.1) is 10.1 Å². The van der Waals surface area contributed by atoms with E-state index in [0.29, 0.717) is 29.9 Å². The summed E-state index contributed by atoms with van der Waals surface area (Å²) in [6, 6.07) is 12.7. The van der Waals surface area contributed by atoms with E-state index in [4.69, 9.17) is 10.7 Å². The molecule has 0 saturated heterocycles. The largest absolute Gasteiger partial charge is 0.382 e. The van der Waals surface area contributed by atoms with Crippen molar-refractivity contribution < 1.29 is 9.72 Å². The Hall–Kier alpha value is -4.01. The van der Waals surface area contributed by atoms with E-state index in [1.54, 1.807) is 31.1 Å². The van der Waals surface area contributed by atoms with Crippen molar-refractivity contribution in [1.82, 2.24) is 14.5 Å². The van der Waals surface area contributed by atoms with Crippen LogP contribution in [0.2, 0.25) is 0 Å². The molecule has 4 aromatic rings. The zero-order valence-electron chi connectivity index (χ0n) is 21.7. The molecule has 2 aromatic heterocycles. The van der Waals surface area contributed by atoms with E-state index < -0.39 is 4.92 Å². The summed E-state index contributed by atoms with van der Waals surface area (Å²) in [6.45, 7) is 2.94. The van der Waals surface area contributed by atoms with Gasteiger partial charge in [0.05, 0.1) is 16.0 Å². The Morgan fingerprint density at radius 2 is 1.86 bits per heavy atom. The Balaban J connectivity index is 1.46. The van der Waals surface area contributed by atoms with Crippen LogP contribution in [0.5, 0.6) is 0 Å². The lowest BCUT2D eigenvalue weighted by Gasteiger charge is -2.13. The topological polar surface area (TPSA) is 120 Å². The number of nitrogen functional groups attached to an aromatic ring is 1. The molecule has 37 heavy (non-hydrogen) atoms. The summed E-state index contributed by atoms with van der Waals surface area (Å²) < 4.78 is 2.27. The number of nitro groups is 1. The minimum absolute atomic E-state index is 0.0524. The number of aryl methyl sites for hydroxylation is 2. The minimum Gasteiger partial charge on any atom is -0.382 e. The maximum Gasteiger partial charge on any atom is 0.293 e. The van der Waals surface area contributed by atoms with E-state index >= 15 is 0 Å². The average Bonchev–Trinajstić information content (AvgIpc) is 3.25. The Bertz CT molecular complexity index is 1440. The number of nitro benzene ring substituents is 1. The first-order valence-electron chi connectivity index (χ1n) is 12.8. The van der Waals surface area contributed by atoms with Crippen LogP contribution in [0.4, 0.5) is 17.2 Å². The number of ketones is 1. The van der Waals surface area contributed by atoms with Crippen molar-refractivity contribution in [3.63, 3.8) is 0 Å². The van der Waals surface area contributed by atoms with E-state index in [1.807, 2.05) is 18.2 Å². The van der Waals surface area contributed by atoms with Crippen molar-refractivity contribution in [3.8, 4) is 0 Å². The number of para-hydroxylation sites is 1. The predicted octanol–water partition coefficient (Wildman–Crippen LogP) is 5.93. The highest BCUT2D eigenvalue weighted by Gasteiger charge is 2.19. The average molecular weight is 503 g/mol. The number of aromatic nitrogens is 3. The first-order valence-corrected chi connectivity index (χ1v) is 12.8. The van der Waals surface area contributed by atoms with Crippen LogP contribution in [-0.2, 0) is 13.0 Å². The maximum atomic E-state index is 12.8. The first kappa shape index (κ1) is 26.1. The smallest absolute Gasteiger partial charge is 0.293 e. The zero-order chi connectivity index (χ0) is 26.5. The van der Waals surface area contributed by atoms with Gasteiger partial charge in [-0.1, -0.05) is 38.0 Å². The number of pyridine rings is 1. The molecule has 0 fully saturated rings. The fourth-order valence-corrected chi connectivity index (χ4v) is 4.77. The molecule has 2 N–H and O–H groups in total. The number of nitrogens with zero attached hydrogens (tertiary/aromatic N) is 5. The molecule has 194 valence electrons. The molecule has 0 aliphatic carbocycles. The van der Waals surface area contributed by atoms with Gasteiger partial charge in [-0.2, -0.15) is 0 Å². The highest BCUT2D eigenvalue weighted by Crippen LogP contribution is 2.30. The number of unbranched alkanes of at least 4 members (excludes halogenated alkanes) is 3. The Labute approximate surface area is 216 Å². The van der Waals surface area contributed by atoms with Crippen LogP contribution >= 0.6 is 0 Å². The van der Waals surface area contributed by atoms with Crippen molar-refractivity contribution in [2.45, 2.75) is 58.4 Å². The van der Waals surface area contributed by atoms with Crippen molar-refractivity contribution in [2.24, 2.45) is 0 Å². The summed E-state index contributed by atoms with van der Waals surface area (Å²) in [4.78, 5) is 34.9. The number of rotatable bonds is 12. The SMILES string of the molecule is CCCCc1nc2c(N)nc3ccccc3c2n1CCCCCC(=O)c1ccc(N(C)C)c([N+](=O)[O-])c1. The van der Waals surface area contributed by atoms with Crippen LogP contribution in [0.1, 0.15) is 61.6 Å². The number of fused-ring (bicyclic) bond motifs is 3. The summed E-state index contributed by atoms with van der Waals surface area (Å²) >= 11 is 0. The predicted molar refractivity (Wildman–Crippen MR) is 148 cm³/mol. The van der Waals surface area contributed by atoms with Crippen LogP contribution in [0.15, 0.2) is 42.5 Å². The Kier molecular flexibility index (Phi) is 8.01. The van der Waals surface area contributed by atoms with Gasteiger partial charge in [0.1, 0.15) is 17.0 Å². The molecule has 9 nitrogen and oxygen atoms in total. The van der Waals surface area contributed by atoms with Crippen molar-refractivity contribution in [1.29, 1.82) is 0 Å². The summed E-state index contributed by atoms with van der Waals surface area (Å²) in [7, 11) is 3.49. The van der Waals surface area contributed by atoms with Gasteiger partial charge in [0.15, 0.2) is 11.6 Å². The molecule has 4 rings (SSSR count). The molecule has 0 atom stereocenters. The molecule has 0 saturated carbocycles. The fourth-order valence-electron chi connectivity index (χ4n) is 4.77. The zero-order valence-corrected chi connectivity index (χ0v) is 21.7. The molecule has 0 unspecified atom stereocenters. The number of nitrogens with two attached hydrogens (primary N) is 1. The first-order chi connectivity index (χ1) is 17.8. The molecule has 9 heteroatoms. The van der Waals surface area contributed by atoms with Gasteiger partial charge < -0.3 is 15.2 Å². The molecule has 2 heterocycles. The molecule has 0 aliphatic rings. The van der Waals surface area contributed by atoms with Crippen molar-refractivity contribution >= 4 is 44.9 Å². The quantitative estimate of drug-likeness (QED) is 0.110. The molecular weight excluding hydrogens is 468 g/mol. The summed E-state index contributed by atoms with van der Waals surface area (Å²) in [5, 5.41) is 12.5. The van der Waals surface area contributed by atoms with Crippen molar-refractivity contribution in [2.75, 3.05) is 24.7 Å². The van der Waals surface area contributed by atoms with Gasteiger partial charge in [0.25, 0.3) is 5.69 Å². The third-order valence-corrected chi connectivity index (χ3v) is 6.70. The second kappa shape index (κ2) is 11.4. The lowest BCUT2D eigenvalue weighted by atomic mass is 10.0. The van der Waals surface area contributed by atoms with Gasteiger partial charge in [-0.15, -0.1) is 0 Å². The molecule has 0 spiro atoms. The van der Waals surface area contributed by atoms with Crippen molar-refractivity contribution in [3.05, 3.63) is 64.0 Å². The lowest BCUT2D eigenvalue weighted by molar-refractivity contribution is -0.384. The molecule has 0 aliphatic heterocycles. The second-order valence-corrected chi connectivity index (χ2v) is 9.58. The highest BCUT2D eigenvalue weighted by atomic mass is 16.6. The molecule has 0 bridgehead atoms. The van der Waals surface area contributed by atoms with Gasteiger partial charge in [-0.25, -0.2) is 9.97 Å². The van der Waals surface area contributed by atoms with Crippen LogP contribution < -0.4 is 10.6 Å². The summed E-state index contributed by atoms with van der Waals surface area (Å²) in [6.07, 6.45) is 5.80. The van der Waals surface area contributed by atoms with Gasteiger partial charge in [0.2, 0.25) is 0 Å². The van der Waals surface area contributed by atoms with Crippen LogP contribution in [-0.4, -0.2) is 39.3 Å².